The van der Waals surface area contributed by atoms with Gasteiger partial charge in [0.2, 0.25) is 5.91 Å². The molecular formula is C17H19N3O2S. The first-order chi connectivity index (χ1) is 11.3. The Bertz CT molecular complexity index is 745. The molecule has 5 nitrogen and oxygen atoms in total. The van der Waals surface area contributed by atoms with Crippen LogP contribution in [0.4, 0.5) is 10.8 Å². The van der Waals surface area contributed by atoms with Crippen LogP contribution in [0.15, 0.2) is 42.5 Å². The Hall–Kier alpha value is -2.18. The maximum Gasteiger partial charge on any atom is 0.248 e. The molecule has 120 valence electrons. The second kappa shape index (κ2) is 7.39. The van der Waals surface area contributed by atoms with Gasteiger partial charge in [0, 0.05) is 24.9 Å². The van der Waals surface area contributed by atoms with Crippen molar-refractivity contribution in [2.45, 2.75) is 6.92 Å². The molecule has 0 saturated carbocycles. The van der Waals surface area contributed by atoms with E-state index in [1.54, 1.807) is 17.4 Å². The van der Waals surface area contributed by atoms with Crippen LogP contribution in [0.5, 0.6) is 0 Å². The summed E-state index contributed by atoms with van der Waals surface area (Å²) in [7, 11) is 0. The standard InChI is InChI=1S/C17H19N3O2S/c1-2-3-4-5-16(21)18-13-6-7-14-15(12-13)23-17(19-14)20-8-10-22-11-9-20/h2-7,12H,8-11H2,1H3,(H,18,21)/b3-2+,5-4+. The molecule has 1 N–H and O–H groups in total. The van der Waals surface area contributed by atoms with Crippen LogP contribution in [-0.2, 0) is 9.53 Å². The average Bonchev–Trinajstić information content (AvgIpc) is 2.99. The van der Waals surface area contributed by atoms with E-state index in [1.165, 1.54) is 6.08 Å². The molecule has 0 bridgehead atoms. The van der Waals surface area contributed by atoms with E-state index in [9.17, 15) is 4.79 Å². The van der Waals surface area contributed by atoms with Crippen molar-refractivity contribution in [2.75, 3.05) is 36.5 Å². The van der Waals surface area contributed by atoms with Gasteiger partial charge in [0.15, 0.2) is 5.13 Å². The topological polar surface area (TPSA) is 54.5 Å². The van der Waals surface area contributed by atoms with Gasteiger partial charge in [-0.1, -0.05) is 29.6 Å². The summed E-state index contributed by atoms with van der Waals surface area (Å²) in [5.74, 6) is -0.139. The Labute approximate surface area is 139 Å². The normalized spacial score (nSPS) is 15.8. The summed E-state index contributed by atoms with van der Waals surface area (Å²) < 4.78 is 6.45. The number of carbonyl (C=O) groups is 1. The molecule has 0 spiro atoms. The number of morpholine rings is 1. The fourth-order valence-electron chi connectivity index (χ4n) is 2.32. The van der Waals surface area contributed by atoms with Crippen LogP contribution in [0, 0.1) is 0 Å². The number of fused-ring (bicyclic) bond motifs is 1. The van der Waals surface area contributed by atoms with Gasteiger partial charge in [-0.25, -0.2) is 4.98 Å². The van der Waals surface area contributed by atoms with Crippen molar-refractivity contribution in [1.82, 2.24) is 4.98 Å². The molecule has 2 aromatic rings. The van der Waals surface area contributed by atoms with Gasteiger partial charge in [0.25, 0.3) is 0 Å². The predicted octanol–water partition coefficient (Wildman–Crippen LogP) is 3.20. The molecule has 3 rings (SSSR count). The molecule has 1 amide bonds. The van der Waals surface area contributed by atoms with Crippen molar-refractivity contribution in [3.05, 3.63) is 42.5 Å². The number of ether oxygens (including phenoxy) is 1. The number of aromatic nitrogens is 1. The van der Waals surface area contributed by atoms with Gasteiger partial charge in [0.1, 0.15) is 0 Å². The zero-order valence-corrected chi connectivity index (χ0v) is 13.8. The number of nitrogens with one attached hydrogen (secondary N) is 1. The van der Waals surface area contributed by atoms with E-state index in [0.717, 1.165) is 47.3 Å². The highest BCUT2D eigenvalue weighted by atomic mass is 32.1. The van der Waals surface area contributed by atoms with Crippen LogP contribution in [0.2, 0.25) is 0 Å². The minimum Gasteiger partial charge on any atom is -0.378 e. The van der Waals surface area contributed by atoms with Gasteiger partial charge in [-0.3, -0.25) is 4.79 Å². The molecule has 1 fully saturated rings. The van der Waals surface area contributed by atoms with E-state index in [2.05, 4.69) is 15.2 Å². The first-order valence-corrected chi connectivity index (χ1v) is 8.41. The van der Waals surface area contributed by atoms with E-state index < -0.39 is 0 Å². The van der Waals surface area contributed by atoms with E-state index >= 15 is 0 Å². The Balaban J connectivity index is 1.75. The number of hydrogen-bond acceptors (Lipinski definition) is 5. The zero-order valence-electron chi connectivity index (χ0n) is 13.0. The lowest BCUT2D eigenvalue weighted by molar-refractivity contribution is -0.111. The third-order valence-electron chi connectivity index (χ3n) is 3.48. The Morgan fingerprint density at radius 2 is 2.17 bits per heavy atom. The molecule has 1 aromatic heterocycles. The molecule has 2 heterocycles. The first-order valence-electron chi connectivity index (χ1n) is 7.60. The number of hydrogen-bond donors (Lipinski definition) is 1. The Kier molecular flexibility index (Phi) is 5.05. The van der Waals surface area contributed by atoms with Crippen LogP contribution in [0.25, 0.3) is 10.2 Å². The molecule has 0 atom stereocenters. The summed E-state index contributed by atoms with van der Waals surface area (Å²) in [4.78, 5) is 18.7. The minimum atomic E-state index is -0.139. The SMILES string of the molecule is C/C=C/C=C/C(=O)Nc1ccc2nc(N3CCOCC3)sc2c1. The fourth-order valence-corrected chi connectivity index (χ4v) is 3.37. The lowest BCUT2D eigenvalue weighted by Gasteiger charge is -2.25. The monoisotopic (exact) mass is 329 g/mol. The van der Waals surface area contributed by atoms with Crippen molar-refractivity contribution in [2.24, 2.45) is 0 Å². The van der Waals surface area contributed by atoms with Crippen molar-refractivity contribution in [3.63, 3.8) is 0 Å². The lowest BCUT2D eigenvalue weighted by atomic mass is 10.3. The lowest BCUT2D eigenvalue weighted by Crippen LogP contribution is -2.36. The van der Waals surface area contributed by atoms with Crippen LogP contribution < -0.4 is 10.2 Å². The minimum absolute atomic E-state index is 0.139. The molecule has 1 aromatic carbocycles. The number of allylic oxidation sites excluding steroid dienone is 3. The zero-order chi connectivity index (χ0) is 16.1. The van der Waals surface area contributed by atoms with Crippen molar-refractivity contribution in [3.8, 4) is 0 Å². The van der Waals surface area contributed by atoms with Crippen molar-refractivity contribution in [1.29, 1.82) is 0 Å². The van der Waals surface area contributed by atoms with Crippen LogP contribution in [-0.4, -0.2) is 37.2 Å². The number of thiazole rings is 1. The smallest absolute Gasteiger partial charge is 0.248 e. The summed E-state index contributed by atoms with van der Waals surface area (Å²) in [6, 6.07) is 5.80. The summed E-state index contributed by atoms with van der Waals surface area (Å²) in [6.45, 7) is 5.15. The maximum absolute atomic E-state index is 11.8. The number of amides is 1. The summed E-state index contributed by atoms with van der Waals surface area (Å²) >= 11 is 1.65. The summed E-state index contributed by atoms with van der Waals surface area (Å²) in [6.07, 6.45) is 6.92. The quantitative estimate of drug-likeness (QED) is 0.691. The van der Waals surface area contributed by atoms with Gasteiger partial charge in [-0.2, -0.15) is 0 Å². The molecular weight excluding hydrogens is 310 g/mol. The molecule has 1 aliphatic heterocycles. The molecule has 6 heteroatoms. The van der Waals surface area contributed by atoms with E-state index in [4.69, 9.17) is 4.74 Å². The summed E-state index contributed by atoms with van der Waals surface area (Å²) in [5, 5.41) is 3.88. The van der Waals surface area contributed by atoms with Crippen molar-refractivity contribution < 1.29 is 9.53 Å². The fraction of sp³-hybridized carbons (Fsp3) is 0.294. The molecule has 1 saturated heterocycles. The van der Waals surface area contributed by atoms with Gasteiger partial charge in [0.05, 0.1) is 23.4 Å². The third-order valence-corrected chi connectivity index (χ3v) is 4.56. The van der Waals surface area contributed by atoms with E-state index in [0.29, 0.717) is 0 Å². The molecule has 1 aliphatic rings. The Morgan fingerprint density at radius 1 is 1.35 bits per heavy atom. The summed E-state index contributed by atoms with van der Waals surface area (Å²) in [5.41, 5.74) is 1.74. The predicted molar refractivity (Wildman–Crippen MR) is 95.2 cm³/mol. The van der Waals surface area contributed by atoms with Gasteiger partial charge in [-0.15, -0.1) is 0 Å². The highest BCUT2D eigenvalue weighted by Crippen LogP contribution is 2.31. The number of rotatable bonds is 4. The third kappa shape index (κ3) is 3.97. The van der Waals surface area contributed by atoms with Crippen LogP contribution in [0.1, 0.15) is 6.92 Å². The number of anilines is 2. The average molecular weight is 329 g/mol. The number of carbonyl (C=O) groups excluding carboxylic acids is 1. The van der Waals surface area contributed by atoms with Crippen LogP contribution in [0.3, 0.4) is 0 Å². The first kappa shape index (κ1) is 15.7. The van der Waals surface area contributed by atoms with E-state index in [-0.39, 0.29) is 5.91 Å². The van der Waals surface area contributed by atoms with Gasteiger partial charge >= 0.3 is 0 Å². The second-order valence-corrected chi connectivity index (χ2v) is 6.16. The van der Waals surface area contributed by atoms with Gasteiger partial charge < -0.3 is 15.0 Å². The Morgan fingerprint density at radius 3 is 2.96 bits per heavy atom. The molecule has 0 aliphatic carbocycles. The van der Waals surface area contributed by atoms with Crippen LogP contribution >= 0.6 is 11.3 Å². The van der Waals surface area contributed by atoms with Crippen molar-refractivity contribution >= 4 is 38.3 Å². The van der Waals surface area contributed by atoms with Gasteiger partial charge in [-0.05, 0) is 25.1 Å². The highest BCUT2D eigenvalue weighted by molar-refractivity contribution is 7.22. The maximum atomic E-state index is 11.8. The number of benzene rings is 1. The molecule has 0 radical (unpaired) electrons. The van der Waals surface area contributed by atoms with E-state index in [1.807, 2.05) is 37.3 Å². The number of nitrogens with zero attached hydrogens (tertiary/aromatic N) is 2. The molecule has 23 heavy (non-hydrogen) atoms. The largest absolute Gasteiger partial charge is 0.378 e. The second-order valence-electron chi connectivity index (χ2n) is 5.15. The highest BCUT2D eigenvalue weighted by Gasteiger charge is 2.15. The molecule has 0 unspecified atom stereocenters.